The first-order valence-corrected chi connectivity index (χ1v) is 8.38. The molecule has 1 aromatic carbocycles. The van der Waals surface area contributed by atoms with Gasteiger partial charge >= 0.3 is 16.2 Å². The molecule has 2 rings (SSSR count). The van der Waals surface area contributed by atoms with E-state index in [0.717, 1.165) is 4.31 Å². The van der Waals surface area contributed by atoms with Gasteiger partial charge < -0.3 is 10.1 Å². The molecule has 0 unspecified atom stereocenters. The largest absolute Gasteiger partial charge is 0.465 e. The summed E-state index contributed by atoms with van der Waals surface area (Å²) in [4.78, 5) is 15.8. The summed E-state index contributed by atoms with van der Waals surface area (Å²) in [6, 6.07) is 10.0. The van der Waals surface area contributed by atoms with Crippen LogP contribution in [-0.4, -0.2) is 44.9 Å². The summed E-state index contributed by atoms with van der Waals surface area (Å²) in [5.41, 5.74) is 1.55. The first kappa shape index (κ1) is 17.7. The van der Waals surface area contributed by atoms with E-state index in [1.54, 1.807) is 30.3 Å². The molecule has 0 atom stereocenters. The molecule has 9 heteroatoms. The quantitative estimate of drug-likeness (QED) is 0.771. The summed E-state index contributed by atoms with van der Waals surface area (Å²) in [6.45, 7) is 0. The first-order valence-electron chi connectivity index (χ1n) is 6.94. The number of benzene rings is 1. The highest BCUT2D eigenvalue weighted by atomic mass is 32.2. The number of carbonyl (C=O) groups is 1. The second-order valence-corrected chi connectivity index (χ2v) is 6.87. The lowest BCUT2D eigenvalue weighted by molar-refractivity contribution is 0.0602. The Morgan fingerprint density at radius 3 is 2.46 bits per heavy atom. The highest BCUT2D eigenvalue weighted by Crippen LogP contribution is 2.22. The summed E-state index contributed by atoms with van der Waals surface area (Å²) < 4.78 is 31.6. The molecule has 128 valence electrons. The van der Waals surface area contributed by atoms with Crippen molar-refractivity contribution in [2.75, 3.05) is 31.2 Å². The number of hydrogen-bond donors (Lipinski definition) is 2. The average Bonchev–Trinajstić information content (AvgIpc) is 2.56. The Hall–Kier alpha value is -2.65. The van der Waals surface area contributed by atoms with Crippen molar-refractivity contribution in [2.24, 2.45) is 0 Å². The van der Waals surface area contributed by atoms with Crippen LogP contribution >= 0.6 is 0 Å². The highest BCUT2D eigenvalue weighted by Gasteiger charge is 2.14. The molecule has 0 saturated carbocycles. The summed E-state index contributed by atoms with van der Waals surface area (Å²) in [5.74, 6) is -0.267. The third-order valence-electron chi connectivity index (χ3n) is 3.09. The molecule has 0 aliphatic rings. The van der Waals surface area contributed by atoms with Crippen LogP contribution in [0.4, 0.5) is 17.2 Å². The number of esters is 1. The molecule has 0 spiro atoms. The smallest absolute Gasteiger partial charge is 0.339 e. The van der Waals surface area contributed by atoms with Gasteiger partial charge in [0.15, 0.2) is 0 Å². The van der Waals surface area contributed by atoms with E-state index in [9.17, 15) is 13.2 Å². The fourth-order valence-electron chi connectivity index (χ4n) is 1.79. The summed E-state index contributed by atoms with van der Waals surface area (Å²) in [6.07, 6.45) is 1.46. The molecule has 1 heterocycles. The molecule has 0 aliphatic carbocycles. The number of aromatic nitrogens is 1. The van der Waals surface area contributed by atoms with Gasteiger partial charge in [0.25, 0.3) is 0 Å². The van der Waals surface area contributed by atoms with Crippen LogP contribution in [0.5, 0.6) is 0 Å². The molecular formula is C15H18N4O4S. The van der Waals surface area contributed by atoms with Crippen LogP contribution < -0.4 is 10.0 Å². The minimum atomic E-state index is -3.61. The van der Waals surface area contributed by atoms with Crippen molar-refractivity contribution in [2.45, 2.75) is 0 Å². The van der Waals surface area contributed by atoms with Crippen molar-refractivity contribution in [1.82, 2.24) is 9.29 Å². The van der Waals surface area contributed by atoms with Gasteiger partial charge in [-0.25, -0.2) is 9.78 Å². The third-order valence-corrected chi connectivity index (χ3v) is 4.52. The monoisotopic (exact) mass is 350 g/mol. The lowest BCUT2D eigenvalue weighted by Crippen LogP contribution is -2.29. The van der Waals surface area contributed by atoms with Crippen molar-refractivity contribution in [3.8, 4) is 0 Å². The summed E-state index contributed by atoms with van der Waals surface area (Å²) >= 11 is 0. The molecule has 1 aromatic heterocycles. The van der Waals surface area contributed by atoms with Gasteiger partial charge in [0.2, 0.25) is 0 Å². The number of methoxy groups -OCH3 is 1. The Morgan fingerprint density at radius 1 is 1.17 bits per heavy atom. The minimum absolute atomic E-state index is 0.190. The molecule has 2 N–H and O–H groups in total. The van der Waals surface area contributed by atoms with Crippen LogP contribution in [0.25, 0.3) is 0 Å². The Balaban J connectivity index is 2.17. The Labute approximate surface area is 140 Å². The van der Waals surface area contributed by atoms with Crippen LogP contribution in [0.2, 0.25) is 0 Å². The zero-order chi connectivity index (χ0) is 17.7. The maximum atomic E-state index is 11.7. The molecule has 8 nitrogen and oxygen atoms in total. The number of ether oxygens (including phenoxy) is 1. The fourth-order valence-corrected chi connectivity index (χ4v) is 2.35. The van der Waals surface area contributed by atoms with Gasteiger partial charge in [-0.1, -0.05) is 12.1 Å². The number of hydrogen-bond acceptors (Lipinski definition) is 6. The average molecular weight is 350 g/mol. The molecule has 0 saturated heterocycles. The van der Waals surface area contributed by atoms with Gasteiger partial charge in [-0.2, -0.15) is 12.7 Å². The maximum Gasteiger partial charge on any atom is 0.339 e. The minimum Gasteiger partial charge on any atom is -0.465 e. The Morgan fingerprint density at radius 2 is 1.88 bits per heavy atom. The number of carbonyl (C=O) groups excluding carboxylic acids is 1. The normalized spacial score (nSPS) is 11.2. The van der Waals surface area contributed by atoms with Crippen molar-refractivity contribution in [3.63, 3.8) is 0 Å². The lowest BCUT2D eigenvalue weighted by Gasteiger charge is -2.13. The van der Waals surface area contributed by atoms with Gasteiger partial charge in [0, 0.05) is 14.1 Å². The van der Waals surface area contributed by atoms with E-state index in [4.69, 9.17) is 4.74 Å². The number of pyridine rings is 1. The van der Waals surface area contributed by atoms with Gasteiger partial charge in [-0.15, -0.1) is 0 Å². The molecule has 0 fully saturated rings. The van der Waals surface area contributed by atoms with E-state index in [1.807, 2.05) is 0 Å². The van der Waals surface area contributed by atoms with Crippen molar-refractivity contribution >= 4 is 33.4 Å². The van der Waals surface area contributed by atoms with Crippen LogP contribution in [0.1, 0.15) is 10.4 Å². The van der Waals surface area contributed by atoms with Gasteiger partial charge in [0.05, 0.1) is 30.2 Å². The van der Waals surface area contributed by atoms with E-state index in [-0.39, 0.29) is 5.82 Å². The number of anilines is 3. The SMILES string of the molecule is COC(=O)c1ccccc1Nc1ccc(NS(=O)(=O)N(C)C)nc1. The Bertz CT molecular complexity index is 820. The highest BCUT2D eigenvalue weighted by molar-refractivity contribution is 7.90. The van der Waals surface area contributed by atoms with Crippen LogP contribution in [-0.2, 0) is 14.9 Å². The summed E-state index contributed by atoms with van der Waals surface area (Å²) in [7, 11) is 0.544. The molecule has 0 bridgehead atoms. The first-order chi connectivity index (χ1) is 11.3. The standard InChI is InChI=1S/C15H18N4O4S/c1-19(2)24(21,22)18-14-9-8-11(10-16-14)17-13-7-5-4-6-12(13)15(20)23-3/h4-10,17H,1-3H3,(H,16,18). The number of nitrogens with zero attached hydrogens (tertiary/aromatic N) is 2. The van der Waals surface area contributed by atoms with Crippen molar-refractivity contribution < 1.29 is 17.9 Å². The molecule has 0 aliphatic heterocycles. The van der Waals surface area contributed by atoms with Gasteiger partial charge in [0.1, 0.15) is 5.82 Å². The Kier molecular flexibility index (Phi) is 5.37. The second-order valence-electron chi connectivity index (χ2n) is 4.98. The van der Waals surface area contributed by atoms with Crippen LogP contribution in [0.15, 0.2) is 42.6 Å². The second kappa shape index (κ2) is 7.28. The zero-order valence-electron chi connectivity index (χ0n) is 13.5. The predicted molar refractivity (Wildman–Crippen MR) is 91.5 cm³/mol. The molecule has 0 radical (unpaired) electrons. The number of rotatable bonds is 6. The summed E-state index contributed by atoms with van der Waals surface area (Å²) in [5, 5.41) is 3.05. The van der Waals surface area contributed by atoms with E-state index in [0.29, 0.717) is 16.9 Å². The fraction of sp³-hybridized carbons (Fsp3) is 0.200. The van der Waals surface area contributed by atoms with Crippen molar-refractivity contribution in [3.05, 3.63) is 48.2 Å². The third kappa shape index (κ3) is 4.21. The predicted octanol–water partition coefficient (Wildman–Crippen LogP) is 1.83. The van der Waals surface area contributed by atoms with E-state index in [2.05, 4.69) is 15.0 Å². The molecule has 2 aromatic rings. The van der Waals surface area contributed by atoms with E-state index in [1.165, 1.54) is 33.5 Å². The van der Waals surface area contributed by atoms with Crippen LogP contribution in [0, 0.1) is 0 Å². The molecule has 24 heavy (non-hydrogen) atoms. The van der Waals surface area contributed by atoms with E-state index < -0.39 is 16.2 Å². The van der Waals surface area contributed by atoms with Crippen molar-refractivity contribution in [1.29, 1.82) is 0 Å². The topological polar surface area (TPSA) is 101 Å². The van der Waals surface area contributed by atoms with Gasteiger partial charge in [-0.3, -0.25) is 4.72 Å². The zero-order valence-corrected chi connectivity index (χ0v) is 14.3. The molecule has 0 amide bonds. The lowest BCUT2D eigenvalue weighted by atomic mass is 10.1. The molecular weight excluding hydrogens is 332 g/mol. The van der Waals surface area contributed by atoms with Gasteiger partial charge in [-0.05, 0) is 24.3 Å². The van der Waals surface area contributed by atoms with E-state index >= 15 is 0 Å². The van der Waals surface area contributed by atoms with Crippen LogP contribution in [0.3, 0.4) is 0 Å². The number of nitrogens with one attached hydrogen (secondary N) is 2. The maximum absolute atomic E-state index is 11.7. The number of para-hydroxylation sites is 1.